The molecule has 0 fully saturated rings. The van der Waals surface area contributed by atoms with E-state index >= 15 is 0 Å². The van der Waals surface area contributed by atoms with Gasteiger partial charge in [0.05, 0.1) is 0 Å². The van der Waals surface area contributed by atoms with Crippen molar-refractivity contribution in [2.45, 2.75) is 13.8 Å². The fourth-order valence-electron chi connectivity index (χ4n) is 1.41. The molecule has 2 nitrogen and oxygen atoms in total. The van der Waals surface area contributed by atoms with Crippen molar-refractivity contribution < 1.29 is 0 Å². The molecule has 0 spiro atoms. The summed E-state index contributed by atoms with van der Waals surface area (Å²) in [5, 5.41) is 0. The number of hydrogen-bond donors (Lipinski definition) is 0. The molecule has 90 valence electrons. The topological polar surface area (TPSA) is 16.1 Å². The lowest BCUT2D eigenvalue weighted by Gasteiger charge is -2.10. The maximum atomic E-state index is 4.17. The van der Waals surface area contributed by atoms with Crippen molar-refractivity contribution >= 4 is 5.69 Å². The van der Waals surface area contributed by atoms with Gasteiger partial charge in [-0.25, -0.2) is 0 Å². The van der Waals surface area contributed by atoms with Crippen molar-refractivity contribution in [1.29, 1.82) is 0 Å². The molecule has 17 heavy (non-hydrogen) atoms. The quantitative estimate of drug-likeness (QED) is 0.743. The summed E-state index contributed by atoms with van der Waals surface area (Å²) in [6, 6.07) is 16.3. The fraction of sp³-hybridized carbons (Fsp3) is 0.267. The molecule has 2 heteroatoms. The van der Waals surface area contributed by atoms with Crippen LogP contribution in [0.4, 0.5) is 5.69 Å². The molecule has 0 saturated carbocycles. The van der Waals surface area contributed by atoms with Crippen LogP contribution < -0.4 is 4.90 Å². The lowest BCUT2D eigenvalue weighted by Crippen LogP contribution is -2.07. The lowest BCUT2D eigenvalue weighted by atomic mass is 10.3. The first-order valence-electron chi connectivity index (χ1n) is 5.72. The van der Waals surface area contributed by atoms with Crippen molar-refractivity contribution in [3.8, 4) is 0 Å². The van der Waals surface area contributed by atoms with Crippen molar-refractivity contribution in [2.75, 3.05) is 19.0 Å². The highest BCUT2D eigenvalue weighted by atomic mass is 15.1. The summed E-state index contributed by atoms with van der Waals surface area (Å²) in [6.45, 7) is 3.99. The molecule has 0 aliphatic rings. The number of nitrogens with zero attached hydrogens (tertiary/aromatic N) is 2. The molecule has 0 radical (unpaired) electrons. The molecule has 0 N–H and O–H groups in total. The Morgan fingerprint density at radius 1 is 0.765 bits per heavy atom. The van der Waals surface area contributed by atoms with Crippen LogP contribution in [0.3, 0.4) is 0 Å². The van der Waals surface area contributed by atoms with E-state index < -0.39 is 0 Å². The first kappa shape index (κ1) is 13.2. The monoisotopic (exact) mass is 228 g/mol. The molecule has 2 aromatic rings. The third kappa shape index (κ3) is 5.16. The molecular weight excluding hydrogens is 208 g/mol. The van der Waals surface area contributed by atoms with Crippen LogP contribution in [0, 0.1) is 13.8 Å². The zero-order valence-corrected chi connectivity index (χ0v) is 11.0. The summed E-state index contributed by atoms with van der Waals surface area (Å²) in [4.78, 5) is 6.26. The van der Waals surface area contributed by atoms with Gasteiger partial charge in [-0.05, 0) is 38.1 Å². The molecule has 2 rings (SSSR count). The largest absolute Gasteiger partial charge is 0.378 e. The highest BCUT2D eigenvalue weighted by Gasteiger charge is 1.87. The Kier molecular flexibility index (Phi) is 5.21. The molecule has 1 aromatic heterocycles. The predicted molar refractivity (Wildman–Crippen MR) is 74.5 cm³/mol. The Labute approximate surface area is 104 Å². The molecule has 0 amide bonds. The minimum Gasteiger partial charge on any atom is -0.378 e. The van der Waals surface area contributed by atoms with Crippen LogP contribution in [-0.4, -0.2) is 19.1 Å². The number of aromatic nitrogens is 1. The third-order valence-corrected chi connectivity index (χ3v) is 2.30. The van der Waals surface area contributed by atoms with Crippen LogP contribution in [0.1, 0.15) is 11.4 Å². The smallest absolute Gasteiger partial charge is 0.0375 e. The van der Waals surface area contributed by atoms with Crippen molar-refractivity contribution in [3.05, 3.63) is 59.9 Å². The average molecular weight is 228 g/mol. The summed E-state index contributed by atoms with van der Waals surface area (Å²) in [6.07, 6.45) is 0. The zero-order valence-electron chi connectivity index (χ0n) is 11.0. The lowest BCUT2D eigenvalue weighted by molar-refractivity contribution is 1.12. The van der Waals surface area contributed by atoms with E-state index in [1.165, 1.54) is 5.69 Å². The highest BCUT2D eigenvalue weighted by molar-refractivity contribution is 5.43. The van der Waals surface area contributed by atoms with Crippen molar-refractivity contribution in [1.82, 2.24) is 4.98 Å². The molecule has 0 atom stereocenters. The van der Waals surface area contributed by atoms with Crippen LogP contribution in [0.2, 0.25) is 0 Å². The van der Waals surface area contributed by atoms with E-state index in [0.717, 1.165) is 11.4 Å². The second kappa shape index (κ2) is 6.69. The third-order valence-electron chi connectivity index (χ3n) is 2.30. The van der Waals surface area contributed by atoms with Crippen LogP contribution in [0.5, 0.6) is 0 Å². The number of rotatable bonds is 1. The number of hydrogen-bond acceptors (Lipinski definition) is 2. The Balaban J connectivity index is 0.000000171. The second-order valence-electron chi connectivity index (χ2n) is 4.15. The summed E-state index contributed by atoms with van der Waals surface area (Å²) >= 11 is 0. The van der Waals surface area contributed by atoms with Gasteiger partial charge in [0.25, 0.3) is 0 Å². The molecule has 1 heterocycles. The standard InChI is InChI=1S/C8H11N.C7H9N/c1-9(2)8-6-4-3-5-7-8;1-6-4-3-5-7(2)8-6/h3-7H,1-2H3;3-5H,1-2H3. The van der Waals surface area contributed by atoms with Crippen molar-refractivity contribution in [2.24, 2.45) is 0 Å². The van der Waals surface area contributed by atoms with Crippen molar-refractivity contribution in [3.63, 3.8) is 0 Å². The van der Waals surface area contributed by atoms with Gasteiger partial charge in [-0.2, -0.15) is 0 Å². The van der Waals surface area contributed by atoms with Gasteiger partial charge in [0.1, 0.15) is 0 Å². The van der Waals surface area contributed by atoms with Gasteiger partial charge in [-0.15, -0.1) is 0 Å². The van der Waals surface area contributed by atoms with Gasteiger partial charge in [0.2, 0.25) is 0 Å². The summed E-state index contributed by atoms with van der Waals surface area (Å²) in [7, 11) is 4.07. The first-order chi connectivity index (χ1) is 8.09. The Hall–Kier alpha value is -1.83. The average Bonchev–Trinajstić information content (AvgIpc) is 2.30. The van der Waals surface area contributed by atoms with E-state index in [-0.39, 0.29) is 0 Å². The van der Waals surface area contributed by atoms with Crippen LogP contribution >= 0.6 is 0 Å². The molecule has 0 aliphatic heterocycles. The van der Waals surface area contributed by atoms with Gasteiger partial charge in [0.15, 0.2) is 0 Å². The first-order valence-corrected chi connectivity index (χ1v) is 5.72. The highest BCUT2D eigenvalue weighted by Crippen LogP contribution is 2.07. The van der Waals surface area contributed by atoms with E-state index in [4.69, 9.17) is 0 Å². The van der Waals surface area contributed by atoms with E-state index in [0.29, 0.717) is 0 Å². The van der Waals surface area contributed by atoms with Crippen LogP contribution in [-0.2, 0) is 0 Å². The molecular formula is C15H20N2. The second-order valence-corrected chi connectivity index (χ2v) is 4.15. The molecule has 0 saturated heterocycles. The minimum absolute atomic E-state index is 1.09. The Bertz CT molecular complexity index is 418. The van der Waals surface area contributed by atoms with Gasteiger partial charge < -0.3 is 4.90 Å². The van der Waals surface area contributed by atoms with Gasteiger partial charge >= 0.3 is 0 Å². The molecule has 0 bridgehead atoms. The number of pyridine rings is 1. The van der Waals surface area contributed by atoms with E-state index in [9.17, 15) is 0 Å². The van der Waals surface area contributed by atoms with E-state index in [1.54, 1.807) is 0 Å². The van der Waals surface area contributed by atoms with E-state index in [2.05, 4.69) is 22.0 Å². The summed E-state index contributed by atoms with van der Waals surface area (Å²) in [5.74, 6) is 0. The zero-order chi connectivity index (χ0) is 12.7. The Morgan fingerprint density at radius 3 is 1.59 bits per heavy atom. The fourth-order valence-corrected chi connectivity index (χ4v) is 1.41. The number of anilines is 1. The minimum atomic E-state index is 1.09. The van der Waals surface area contributed by atoms with Gasteiger partial charge in [0, 0.05) is 31.2 Å². The Morgan fingerprint density at radius 2 is 1.29 bits per heavy atom. The van der Waals surface area contributed by atoms with Gasteiger partial charge in [-0.1, -0.05) is 24.3 Å². The van der Waals surface area contributed by atoms with Crippen LogP contribution in [0.15, 0.2) is 48.5 Å². The molecule has 0 aliphatic carbocycles. The number of para-hydroxylation sites is 1. The number of aryl methyl sites for hydroxylation is 2. The maximum Gasteiger partial charge on any atom is 0.0375 e. The molecule has 0 unspecified atom stereocenters. The van der Waals surface area contributed by atoms with Crippen LogP contribution in [0.25, 0.3) is 0 Å². The summed E-state index contributed by atoms with van der Waals surface area (Å²) in [5.41, 5.74) is 3.42. The maximum absolute atomic E-state index is 4.17. The van der Waals surface area contributed by atoms with E-state index in [1.807, 2.05) is 64.3 Å². The predicted octanol–water partition coefficient (Wildman–Crippen LogP) is 3.45. The SMILES string of the molecule is CN(C)c1ccccc1.Cc1cccc(C)n1. The number of benzene rings is 1. The normalized spacial score (nSPS) is 9.18. The summed E-state index contributed by atoms with van der Waals surface area (Å²) < 4.78 is 0. The molecule has 1 aromatic carbocycles. The van der Waals surface area contributed by atoms with Gasteiger partial charge in [-0.3, -0.25) is 4.98 Å².